The highest BCUT2D eigenvalue weighted by Gasteiger charge is 2.23. The number of halogens is 1. The molecule has 0 aliphatic heterocycles. The van der Waals surface area contributed by atoms with Crippen molar-refractivity contribution in [2.24, 2.45) is 5.10 Å². The number of nitrogens with zero attached hydrogens (tertiary/aromatic N) is 2. The predicted molar refractivity (Wildman–Crippen MR) is 93.4 cm³/mol. The van der Waals surface area contributed by atoms with Crippen molar-refractivity contribution in [3.63, 3.8) is 0 Å². The van der Waals surface area contributed by atoms with Crippen LogP contribution >= 0.6 is 11.3 Å². The Bertz CT molecular complexity index is 862. The van der Waals surface area contributed by atoms with E-state index >= 15 is 0 Å². The SMILES string of the molecule is Cc1ccsc1C=NNC(=O)CN(c1ccccc1F)S(C)(=O)=O. The van der Waals surface area contributed by atoms with Crippen LogP contribution in [-0.2, 0) is 14.8 Å². The Balaban J connectivity index is 2.10. The summed E-state index contributed by atoms with van der Waals surface area (Å²) in [5.41, 5.74) is 3.08. The number of amides is 1. The Hall–Kier alpha value is -2.26. The van der Waals surface area contributed by atoms with E-state index in [1.54, 1.807) is 0 Å². The first kappa shape index (κ1) is 18.1. The number of aryl methyl sites for hydroxylation is 1. The third-order valence-electron chi connectivity index (χ3n) is 3.08. The first-order valence-corrected chi connectivity index (χ1v) is 9.60. The predicted octanol–water partition coefficient (Wildman–Crippen LogP) is 2.11. The standard InChI is InChI=1S/C15H16FN3O3S2/c1-11-7-8-23-14(11)9-17-18-15(20)10-19(24(2,21)22)13-6-4-3-5-12(13)16/h3-9H,10H2,1-2H3,(H,18,20). The number of hydrogen-bond acceptors (Lipinski definition) is 5. The van der Waals surface area contributed by atoms with Gasteiger partial charge < -0.3 is 0 Å². The van der Waals surface area contributed by atoms with Crippen LogP contribution in [0.25, 0.3) is 0 Å². The number of hydrogen-bond donors (Lipinski definition) is 1. The van der Waals surface area contributed by atoms with E-state index in [2.05, 4.69) is 10.5 Å². The summed E-state index contributed by atoms with van der Waals surface area (Å²) in [6.07, 6.45) is 2.39. The molecule has 2 rings (SSSR count). The van der Waals surface area contributed by atoms with Crippen molar-refractivity contribution in [3.05, 3.63) is 52.0 Å². The highest BCUT2D eigenvalue weighted by atomic mass is 32.2. The lowest BCUT2D eigenvalue weighted by atomic mass is 10.3. The lowest BCUT2D eigenvalue weighted by Gasteiger charge is -2.21. The average Bonchev–Trinajstić information content (AvgIpc) is 2.90. The molecule has 6 nitrogen and oxygen atoms in total. The zero-order valence-electron chi connectivity index (χ0n) is 13.1. The zero-order valence-corrected chi connectivity index (χ0v) is 14.7. The maximum atomic E-state index is 13.8. The monoisotopic (exact) mass is 369 g/mol. The molecule has 0 atom stereocenters. The maximum Gasteiger partial charge on any atom is 0.260 e. The number of nitrogens with one attached hydrogen (secondary N) is 1. The van der Waals surface area contributed by atoms with Gasteiger partial charge in [0, 0.05) is 4.88 Å². The number of para-hydroxylation sites is 1. The second kappa shape index (κ2) is 7.54. The number of sulfonamides is 1. The fourth-order valence-corrected chi connectivity index (χ4v) is 3.52. The van der Waals surface area contributed by atoms with Crippen LogP contribution in [0.15, 0.2) is 40.8 Å². The van der Waals surface area contributed by atoms with Crippen molar-refractivity contribution >= 4 is 39.2 Å². The summed E-state index contributed by atoms with van der Waals surface area (Å²) in [7, 11) is -3.83. The molecule has 1 N–H and O–H groups in total. The molecule has 128 valence electrons. The molecule has 0 saturated carbocycles. The molecule has 0 fully saturated rings. The van der Waals surface area contributed by atoms with Crippen LogP contribution in [0.5, 0.6) is 0 Å². The lowest BCUT2D eigenvalue weighted by molar-refractivity contribution is -0.119. The highest BCUT2D eigenvalue weighted by molar-refractivity contribution is 7.92. The van der Waals surface area contributed by atoms with Crippen LogP contribution in [0.4, 0.5) is 10.1 Å². The van der Waals surface area contributed by atoms with E-state index in [0.29, 0.717) is 4.31 Å². The molecule has 1 aromatic heterocycles. The average molecular weight is 369 g/mol. The van der Waals surface area contributed by atoms with Gasteiger partial charge in [0.25, 0.3) is 5.91 Å². The molecule has 9 heteroatoms. The summed E-state index contributed by atoms with van der Waals surface area (Å²) in [6.45, 7) is 1.34. The molecule has 1 amide bonds. The van der Waals surface area contributed by atoms with Crippen LogP contribution in [0.2, 0.25) is 0 Å². The van der Waals surface area contributed by atoms with Gasteiger partial charge in [-0.15, -0.1) is 11.3 Å². The van der Waals surface area contributed by atoms with E-state index in [0.717, 1.165) is 22.8 Å². The fourth-order valence-electron chi connectivity index (χ4n) is 1.88. The molecule has 0 aliphatic carbocycles. The van der Waals surface area contributed by atoms with Gasteiger partial charge in [-0.3, -0.25) is 9.10 Å². The van der Waals surface area contributed by atoms with Crippen molar-refractivity contribution in [3.8, 4) is 0 Å². The fraction of sp³-hybridized carbons (Fsp3) is 0.200. The number of anilines is 1. The second-order valence-electron chi connectivity index (χ2n) is 4.98. The molecule has 0 unspecified atom stereocenters. The van der Waals surface area contributed by atoms with Gasteiger partial charge in [-0.25, -0.2) is 18.2 Å². The van der Waals surface area contributed by atoms with Gasteiger partial charge in [-0.1, -0.05) is 12.1 Å². The van der Waals surface area contributed by atoms with Crippen LogP contribution in [0, 0.1) is 12.7 Å². The summed E-state index contributed by atoms with van der Waals surface area (Å²) in [4.78, 5) is 12.8. The normalized spacial score (nSPS) is 11.6. The van der Waals surface area contributed by atoms with Gasteiger partial charge in [0.15, 0.2) is 0 Å². The van der Waals surface area contributed by atoms with Crippen molar-refractivity contribution in [2.45, 2.75) is 6.92 Å². The maximum absolute atomic E-state index is 13.8. The van der Waals surface area contributed by atoms with Gasteiger partial charge in [-0.2, -0.15) is 5.10 Å². The van der Waals surface area contributed by atoms with E-state index < -0.39 is 28.3 Å². The molecule has 1 heterocycles. The Labute approximate surface area is 143 Å². The minimum atomic E-state index is -3.83. The number of carbonyl (C=O) groups is 1. The van der Waals surface area contributed by atoms with Gasteiger partial charge >= 0.3 is 0 Å². The molecule has 0 bridgehead atoms. The molecule has 0 radical (unpaired) electrons. The molecule has 0 aliphatic rings. The number of benzene rings is 1. The number of carbonyl (C=O) groups excluding carboxylic acids is 1. The van der Waals surface area contributed by atoms with E-state index in [-0.39, 0.29) is 5.69 Å². The number of rotatable bonds is 6. The summed E-state index contributed by atoms with van der Waals surface area (Å²) < 4.78 is 38.3. The largest absolute Gasteiger partial charge is 0.271 e. The van der Waals surface area contributed by atoms with Crippen molar-refractivity contribution in [1.82, 2.24) is 5.43 Å². The number of thiophene rings is 1. The summed E-state index contributed by atoms with van der Waals surface area (Å²) in [5, 5.41) is 5.69. The number of hydrazone groups is 1. The summed E-state index contributed by atoms with van der Waals surface area (Å²) in [5.74, 6) is -1.40. The van der Waals surface area contributed by atoms with Crippen molar-refractivity contribution in [1.29, 1.82) is 0 Å². The topological polar surface area (TPSA) is 78.8 Å². The van der Waals surface area contributed by atoms with E-state index in [1.165, 1.54) is 35.8 Å². The highest BCUT2D eigenvalue weighted by Crippen LogP contribution is 2.20. The van der Waals surface area contributed by atoms with Gasteiger partial charge in [0.1, 0.15) is 12.4 Å². The summed E-state index contributed by atoms with van der Waals surface area (Å²) in [6, 6.07) is 7.27. The van der Waals surface area contributed by atoms with E-state index in [1.807, 2.05) is 18.4 Å². The molecule has 0 spiro atoms. The Morgan fingerprint density at radius 2 is 2.08 bits per heavy atom. The third-order valence-corrected chi connectivity index (χ3v) is 5.16. The molecule has 1 aromatic carbocycles. The van der Waals surface area contributed by atoms with Crippen LogP contribution in [0.3, 0.4) is 0 Å². The zero-order chi connectivity index (χ0) is 17.7. The molecular formula is C15H16FN3O3S2. The van der Waals surface area contributed by atoms with Crippen molar-refractivity contribution < 1.29 is 17.6 Å². The van der Waals surface area contributed by atoms with E-state index in [9.17, 15) is 17.6 Å². The van der Waals surface area contributed by atoms with Crippen LogP contribution in [0.1, 0.15) is 10.4 Å². The molecule has 2 aromatic rings. The molecule has 24 heavy (non-hydrogen) atoms. The minimum absolute atomic E-state index is 0.187. The first-order chi connectivity index (χ1) is 11.3. The van der Waals surface area contributed by atoms with Crippen LogP contribution < -0.4 is 9.73 Å². The van der Waals surface area contributed by atoms with Crippen molar-refractivity contribution in [2.75, 3.05) is 17.1 Å². The van der Waals surface area contributed by atoms with Gasteiger partial charge in [-0.05, 0) is 36.1 Å². The minimum Gasteiger partial charge on any atom is -0.271 e. The molecule has 0 saturated heterocycles. The Kier molecular flexibility index (Phi) is 5.68. The smallest absolute Gasteiger partial charge is 0.260 e. The first-order valence-electron chi connectivity index (χ1n) is 6.87. The summed E-state index contributed by atoms with van der Waals surface area (Å²) >= 11 is 1.46. The molecular weight excluding hydrogens is 353 g/mol. The quantitative estimate of drug-likeness (QED) is 0.626. The third kappa shape index (κ3) is 4.62. The Morgan fingerprint density at radius 3 is 2.67 bits per heavy atom. The Morgan fingerprint density at radius 1 is 1.38 bits per heavy atom. The van der Waals surface area contributed by atoms with Gasteiger partial charge in [0.2, 0.25) is 10.0 Å². The lowest BCUT2D eigenvalue weighted by Crippen LogP contribution is -2.39. The van der Waals surface area contributed by atoms with Crippen LogP contribution in [-0.4, -0.2) is 33.3 Å². The van der Waals surface area contributed by atoms with Gasteiger partial charge in [0.05, 0.1) is 18.2 Å². The van der Waals surface area contributed by atoms with E-state index in [4.69, 9.17) is 0 Å². The second-order valence-corrected chi connectivity index (χ2v) is 7.84.